The van der Waals surface area contributed by atoms with E-state index in [2.05, 4.69) is 5.32 Å². The van der Waals surface area contributed by atoms with E-state index in [-0.39, 0.29) is 18.0 Å². The van der Waals surface area contributed by atoms with E-state index in [4.69, 9.17) is 9.47 Å². The number of benzene rings is 2. The van der Waals surface area contributed by atoms with Crippen LogP contribution in [0.5, 0.6) is 11.5 Å². The van der Waals surface area contributed by atoms with Crippen molar-refractivity contribution in [1.29, 1.82) is 0 Å². The number of aryl methyl sites for hydroxylation is 1. The van der Waals surface area contributed by atoms with Crippen LogP contribution in [0.25, 0.3) is 0 Å². The molecule has 7 heteroatoms. The number of ether oxygens (including phenoxy) is 2. The van der Waals surface area contributed by atoms with Crippen molar-refractivity contribution in [2.24, 2.45) is 0 Å². The van der Waals surface area contributed by atoms with Gasteiger partial charge in [-0.2, -0.15) is 13.2 Å². The molecule has 0 aliphatic carbocycles. The average molecular weight is 383 g/mol. The number of rotatable bonds is 5. The van der Waals surface area contributed by atoms with Crippen molar-refractivity contribution in [3.63, 3.8) is 0 Å². The Morgan fingerprint density at radius 2 is 1.78 bits per heavy atom. The van der Waals surface area contributed by atoms with E-state index >= 15 is 0 Å². The van der Waals surface area contributed by atoms with Crippen LogP contribution in [-0.2, 0) is 19.0 Å². The highest BCUT2D eigenvalue weighted by molar-refractivity contribution is 5.49. The first-order valence-corrected chi connectivity index (χ1v) is 8.67. The lowest BCUT2D eigenvalue weighted by atomic mass is 9.90. The molecule has 0 bridgehead atoms. The average Bonchev–Trinajstić information content (AvgIpc) is 2.65. The van der Waals surface area contributed by atoms with Gasteiger partial charge in [-0.15, -0.1) is 0 Å². The molecule has 27 heavy (non-hydrogen) atoms. The Bertz CT molecular complexity index is 820. The first-order valence-electron chi connectivity index (χ1n) is 8.67. The Balaban J connectivity index is 1.83. The van der Waals surface area contributed by atoms with E-state index in [1.54, 1.807) is 14.2 Å². The van der Waals surface area contributed by atoms with Crippen molar-refractivity contribution in [1.82, 2.24) is 5.32 Å². The molecule has 1 heterocycles. The molecule has 0 aromatic heterocycles. The summed E-state index contributed by atoms with van der Waals surface area (Å²) >= 11 is 0. The highest BCUT2D eigenvalue weighted by atomic mass is 19.4. The van der Waals surface area contributed by atoms with Gasteiger partial charge in [0.25, 0.3) is 0 Å². The third-order valence-corrected chi connectivity index (χ3v) is 4.88. The molecule has 0 saturated carbocycles. The van der Waals surface area contributed by atoms with Crippen LogP contribution in [0.15, 0.2) is 30.3 Å². The lowest BCUT2D eigenvalue weighted by molar-refractivity contribution is -0.137. The molecule has 3 rings (SSSR count). The van der Waals surface area contributed by atoms with Gasteiger partial charge >= 0.3 is 6.18 Å². The fraction of sp³-hybridized carbons (Fsp3) is 0.400. The molecule has 0 spiro atoms. The van der Waals surface area contributed by atoms with Gasteiger partial charge in [0.15, 0.2) is 11.5 Å². The van der Waals surface area contributed by atoms with E-state index in [0.717, 1.165) is 42.3 Å². The number of hydrogen-bond donors (Lipinski definition) is 1. The molecule has 0 amide bonds. The van der Waals surface area contributed by atoms with Crippen LogP contribution in [0.2, 0.25) is 0 Å². The van der Waals surface area contributed by atoms with Crippen molar-refractivity contribution in [3.8, 4) is 11.5 Å². The lowest BCUT2D eigenvalue weighted by Gasteiger charge is -2.28. The van der Waals surface area contributed by atoms with Crippen molar-refractivity contribution >= 4 is 0 Å². The topological polar surface area (TPSA) is 30.5 Å². The molecule has 1 aliphatic heterocycles. The maximum atomic E-state index is 14.0. The number of halogens is 4. The molecule has 3 nitrogen and oxygen atoms in total. The predicted octanol–water partition coefficient (Wildman–Crippen LogP) is 4.68. The summed E-state index contributed by atoms with van der Waals surface area (Å²) < 4.78 is 63.3. The predicted molar refractivity (Wildman–Crippen MR) is 93.7 cm³/mol. The Hall–Kier alpha value is -2.28. The van der Waals surface area contributed by atoms with Gasteiger partial charge in [0, 0.05) is 6.04 Å². The molecule has 1 N–H and O–H groups in total. The van der Waals surface area contributed by atoms with Gasteiger partial charge in [0.2, 0.25) is 0 Å². The smallest absolute Gasteiger partial charge is 0.416 e. The number of hydrogen-bond acceptors (Lipinski definition) is 3. The van der Waals surface area contributed by atoms with Gasteiger partial charge < -0.3 is 14.8 Å². The second kappa shape index (κ2) is 7.76. The van der Waals surface area contributed by atoms with E-state index in [9.17, 15) is 17.6 Å². The highest BCUT2D eigenvalue weighted by Gasteiger charge is 2.31. The number of fused-ring (bicyclic) bond motifs is 1. The van der Waals surface area contributed by atoms with Crippen LogP contribution in [0, 0.1) is 5.82 Å². The molecule has 0 radical (unpaired) electrons. The zero-order valence-corrected chi connectivity index (χ0v) is 15.1. The highest BCUT2D eigenvalue weighted by Crippen LogP contribution is 2.37. The number of methoxy groups -OCH3 is 2. The van der Waals surface area contributed by atoms with Gasteiger partial charge in [0.1, 0.15) is 5.82 Å². The largest absolute Gasteiger partial charge is 0.493 e. The van der Waals surface area contributed by atoms with E-state index in [0.29, 0.717) is 17.9 Å². The Labute approximate surface area is 155 Å². The van der Waals surface area contributed by atoms with Crippen LogP contribution in [0.4, 0.5) is 17.6 Å². The Morgan fingerprint density at radius 3 is 2.44 bits per heavy atom. The lowest BCUT2D eigenvalue weighted by Crippen LogP contribution is -2.30. The van der Waals surface area contributed by atoms with Crippen LogP contribution >= 0.6 is 0 Å². The minimum Gasteiger partial charge on any atom is -0.493 e. The Kier molecular flexibility index (Phi) is 5.60. The normalized spacial score (nSPS) is 16.7. The summed E-state index contributed by atoms with van der Waals surface area (Å²) in [4.78, 5) is 0. The minimum atomic E-state index is -4.48. The van der Waals surface area contributed by atoms with Crippen molar-refractivity contribution in [2.75, 3.05) is 20.8 Å². The van der Waals surface area contributed by atoms with Crippen LogP contribution < -0.4 is 14.8 Å². The van der Waals surface area contributed by atoms with Crippen LogP contribution in [-0.4, -0.2) is 20.8 Å². The second-order valence-corrected chi connectivity index (χ2v) is 6.51. The summed E-state index contributed by atoms with van der Waals surface area (Å²) in [7, 11) is 3.12. The molecule has 1 atom stereocenters. The van der Waals surface area contributed by atoms with Gasteiger partial charge in [-0.1, -0.05) is 0 Å². The summed E-state index contributed by atoms with van der Waals surface area (Å²) in [5, 5.41) is 3.36. The molecule has 0 unspecified atom stereocenters. The monoisotopic (exact) mass is 383 g/mol. The first-order chi connectivity index (χ1) is 12.8. The molecule has 1 aliphatic rings. The van der Waals surface area contributed by atoms with Crippen LogP contribution in [0.1, 0.15) is 34.7 Å². The molecule has 2 aromatic carbocycles. The molecule has 2 aromatic rings. The maximum absolute atomic E-state index is 14.0. The quantitative estimate of drug-likeness (QED) is 0.761. The van der Waals surface area contributed by atoms with Crippen molar-refractivity contribution in [2.45, 2.75) is 31.5 Å². The van der Waals surface area contributed by atoms with E-state index < -0.39 is 17.6 Å². The standard InChI is InChI=1S/C20H21F4NO2/c1-26-18-10-12-7-8-25-17(15(12)11-19(18)27-2)6-3-13-9-14(20(22,23)24)4-5-16(13)21/h4-5,9-11,17,25H,3,6-8H2,1-2H3/t17-/m0/s1. The molecular formula is C20H21F4NO2. The van der Waals surface area contributed by atoms with Crippen molar-refractivity contribution < 1.29 is 27.0 Å². The number of nitrogens with one attached hydrogen (secondary N) is 1. The number of alkyl halides is 3. The van der Waals surface area contributed by atoms with Crippen molar-refractivity contribution in [3.05, 3.63) is 58.4 Å². The Morgan fingerprint density at radius 1 is 1.07 bits per heavy atom. The first kappa shape index (κ1) is 19.5. The summed E-state index contributed by atoms with van der Waals surface area (Å²) in [5.41, 5.74) is 1.34. The summed E-state index contributed by atoms with van der Waals surface area (Å²) in [6, 6.07) is 6.26. The fourth-order valence-electron chi connectivity index (χ4n) is 3.47. The molecule has 146 valence electrons. The molecular weight excluding hydrogens is 362 g/mol. The molecule has 0 saturated heterocycles. The van der Waals surface area contributed by atoms with Gasteiger partial charge in [-0.25, -0.2) is 4.39 Å². The maximum Gasteiger partial charge on any atom is 0.416 e. The van der Waals surface area contributed by atoms with Gasteiger partial charge in [0.05, 0.1) is 19.8 Å². The fourth-order valence-corrected chi connectivity index (χ4v) is 3.47. The third-order valence-electron chi connectivity index (χ3n) is 4.88. The van der Waals surface area contributed by atoms with E-state index in [1.165, 1.54) is 0 Å². The molecule has 0 fully saturated rings. The van der Waals surface area contributed by atoms with Crippen LogP contribution in [0.3, 0.4) is 0 Å². The minimum absolute atomic E-state index is 0.0687. The zero-order valence-electron chi connectivity index (χ0n) is 15.1. The zero-order chi connectivity index (χ0) is 19.6. The van der Waals surface area contributed by atoms with Gasteiger partial charge in [-0.3, -0.25) is 0 Å². The van der Waals surface area contributed by atoms with E-state index in [1.807, 2.05) is 12.1 Å². The SMILES string of the molecule is COc1cc2c(cc1OC)[C@H](CCc1cc(C(F)(F)F)ccc1F)NCC2. The summed E-state index contributed by atoms with van der Waals surface area (Å²) in [5.74, 6) is 0.613. The third kappa shape index (κ3) is 4.18. The second-order valence-electron chi connectivity index (χ2n) is 6.51. The van der Waals surface area contributed by atoms with Gasteiger partial charge in [-0.05, 0) is 72.8 Å². The summed E-state index contributed by atoms with van der Waals surface area (Å²) in [6.45, 7) is 0.734. The summed E-state index contributed by atoms with van der Waals surface area (Å²) in [6.07, 6.45) is -3.01.